The highest BCUT2D eigenvalue weighted by atomic mass is 127. The summed E-state index contributed by atoms with van der Waals surface area (Å²) in [5, 5.41) is 12.1. The Morgan fingerprint density at radius 2 is 1.79 bits per heavy atom. The van der Waals surface area contributed by atoms with Crippen LogP contribution in [-0.2, 0) is 16.1 Å². The minimum absolute atomic E-state index is 0.0612. The molecule has 3 rings (SSSR count). The van der Waals surface area contributed by atoms with Crippen molar-refractivity contribution in [2.45, 2.75) is 13.5 Å². The molecule has 0 aromatic heterocycles. The maximum atomic E-state index is 12.6. The van der Waals surface area contributed by atoms with Gasteiger partial charge in [0.1, 0.15) is 24.0 Å². The zero-order valence-electron chi connectivity index (χ0n) is 18.2. The molecule has 0 bridgehead atoms. The minimum Gasteiger partial charge on any atom is -0.488 e. The number of carbonyl (C=O) groups is 2. The van der Waals surface area contributed by atoms with E-state index in [9.17, 15) is 14.9 Å². The van der Waals surface area contributed by atoms with Gasteiger partial charge in [0.2, 0.25) is 0 Å². The lowest BCUT2D eigenvalue weighted by Crippen LogP contribution is -2.13. The molecule has 0 unspecified atom stereocenters. The molecule has 1 N–H and O–H groups in total. The number of halogens is 2. The number of benzene rings is 3. The van der Waals surface area contributed by atoms with Crippen molar-refractivity contribution in [1.82, 2.24) is 0 Å². The first-order chi connectivity index (χ1) is 16.4. The van der Waals surface area contributed by atoms with Crippen molar-refractivity contribution in [3.8, 4) is 11.8 Å². The van der Waals surface area contributed by atoms with Crippen molar-refractivity contribution in [1.29, 1.82) is 5.26 Å². The molecule has 0 saturated carbocycles. The van der Waals surface area contributed by atoms with Crippen LogP contribution in [0.5, 0.6) is 5.75 Å². The first kappa shape index (κ1) is 25.5. The van der Waals surface area contributed by atoms with Gasteiger partial charge in [-0.3, -0.25) is 4.79 Å². The number of carbonyl (C=O) groups excluding carboxylic acids is 2. The summed E-state index contributed by atoms with van der Waals surface area (Å²) in [5.41, 5.74) is 2.49. The van der Waals surface area contributed by atoms with Crippen LogP contribution in [-0.4, -0.2) is 18.5 Å². The highest BCUT2D eigenvalue weighted by molar-refractivity contribution is 14.1. The molecule has 0 fully saturated rings. The summed E-state index contributed by atoms with van der Waals surface area (Å²) >= 11 is 5.74. The Balaban J connectivity index is 1.66. The summed E-state index contributed by atoms with van der Waals surface area (Å²) in [6.07, 6.45) is 1.50. The lowest BCUT2D eigenvalue weighted by Gasteiger charge is -2.09. The van der Waals surface area contributed by atoms with Gasteiger partial charge >= 0.3 is 5.97 Å². The lowest BCUT2D eigenvalue weighted by molar-refractivity contribution is -0.112. The zero-order chi connectivity index (χ0) is 24.5. The summed E-state index contributed by atoms with van der Waals surface area (Å²) in [6, 6.07) is 21.6. The second-order valence-electron chi connectivity index (χ2n) is 7.03. The molecule has 3 aromatic rings. The molecule has 3 aromatic carbocycles. The van der Waals surface area contributed by atoms with Crippen molar-refractivity contribution in [3.05, 3.63) is 97.0 Å². The molecule has 6 nitrogen and oxygen atoms in total. The smallest absolute Gasteiger partial charge is 0.338 e. The second kappa shape index (κ2) is 12.3. The van der Waals surface area contributed by atoms with E-state index in [0.29, 0.717) is 33.6 Å². The van der Waals surface area contributed by atoms with E-state index in [1.165, 1.54) is 6.08 Å². The Morgan fingerprint density at radius 3 is 2.41 bits per heavy atom. The van der Waals surface area contributed by atoms with Gasteiger partial charge in [0.15, 0.2) is 0 Å². The lowest BCUT2D eigenvalue weighted by atomic mass is 10.1. The summed E-state index contributed by atoms with van der Waals surface area (Å²) in [6.45, 7) is 2.43. The molecule has 0 heterocycles. The Kier molecular flexibility index (Phi) is 9.24. The number of anilines is 1. The Hall–Kier alpha value is -3.16. The number of nitrogens with zero attached hydrogens (tertiary/aromatic N) is 1. The quantitative estimate of drug-likeness (QED) is 0.136. The number of hydrogen-bond acceptors (Lipinski definition) is 5. The van der Waals surface area contributed by atoms with Crippen LogP contribution in [0, 0.1) is 14.9 Å². The molecule has 1 amide bonds. The van der Waals surface area contributed by atoms with E-state index in [0.717, 1.165) is 9.13 Å². The molecule has 0 aliphatic heterocycles. The standard InChI is InChI=1S/C26H20BrIN2O4/c1-2-33-26(32)19-6-10-22(11-7-19)30-25(31)20(15-29)13-18-5-12-24(23(27)14-18)34-16-17-3-8-21(28)9-4-17/h3-14H,2,16H2,1H3,(H,30,31)/b20-13+. The van der Waals surface area contributed by atoms with Gasteiger partial charge in [-0.15, -0.1) is 0 Å². The Labute approximate surface area is 219 Å². The van der Waals surface area contributed by atoms with Crippen LogP contribution in [0.2, 0.25) is 0 Å². The largest absolute Gasteiger partial charge is 0.488 e. The molecular formula is C26H20BrIN2O4. The Bertz CT molecular complexity index is 1250. The van der Waals surface area contributed by atoms with E-state index in [2.05, 4.69) is 43.8 Å². The predicted molar refractivity (Wildman–Crippen MR) is 142 cm³/mol. The normalized spacial score (nSPS) is 10.8. The maximum Gasteiger partial charge on any atom is 0.338 e. The number of amides is 1. The van der Waals surface area contributed by atoms with Gasteiger partial charge in [0.05, 0.1) is 16.6 Å². The summed E-state index contributed by atoms with van der Waals surface area (Å²) in [4.78, 5) is 24.3. The van der Waals surface area contributed by atoms with Crippen LogP contribution in [0.25, 0.3) is 6.08 Å². The molecule has 0 aliphatic carbocycles. The van der Waals surface area contributed by atoms with E-state index in [1.54, 1.807) is 49.4 Å². The van der Waals surface area contributed by atoms with Gasteiger partial charge in [0.25, 0.3) is 5.91 Å². The third-order valence-electron chi connectivity index (χ3n) is 4.59. The fourth-order valence-electron chi connectivity index (χ4n) is 2.88. The monoisotopic (exact) mass is 630 g/mol. The van der Waals surface area contributed by atoms with Crippen LogP contribution in [0.1, 0.15) is 28.4 Å². The molecule has 0 aliphatic rings. The van der Waals surface area contributed by atoms with Crippen LogP contribution >= 0.6 is 38.5 Å². The SMILES string of the molecule is CCOC(=O)c1ccc(NC(=O)/C(C#N)=C/c2ccc(OCc3ccc(I)cc3)c(Br)c2)cc1. The Morgan fingerprint density at radius 1 is 1.09 bits per heavy atom. The van der Waals surface area contributed by atoms with E-state index < -0.39 is 11.9 Å². The summed E-state index contributed by atoms with van der Waals surface area (Å²) < 4.78 is 12.7. The van der Waals surface area contributed by atoms with E-state index in [1.807, 2.05) is 30.3 Å². The highest BCUT2D eigenvalue weighted by Gasteiger charge is 2.12. The molecule has 0 atom stereocenters. The van der Waals surface area contributed by atoms with Crippen molar-refractivity contribution in [2.75, 3.05) is 11.9 Å². The first-order valence-electron chi connectivity index (χ1n) is 10.3. The fraction of sp³-hybridized carbons (Fsp3) is 0.115. The van der Waals surface area contributed by atoms with Gasteiger partial charge in [-0.2, -0.15) is 5.26 Å². The van der Waals surface area contributed by atoms with Gasteiger partial charge in [-0.05, 0) is 111 Å². The van der Waals surface area contributed by atoms with Crippen LogP contribution in [0.4, 0.5) is 5.69 Å². The van der Waals surface area contributed by atoms with Crippen LogP contribution in [0.3, 0.4) is 0 Å². The van der Waals surface area contributed by atoms with Crippen LogP contribution < -0.4 is 10.1 Å². The topological polar surface area (TPSA) is 88.4 Å². The number of ether oxygens (including phenoxy) is 2. The van der Waals surface area contributed by atoms with Gasteiger partial charge in [-0.25, -0.2) is 4.79 Å². The third kappa shape index (κ3) is 7.17. The number of nitrogens with one attached hydrogen (secondary N) is 1. The van der Waals surface area contributed by atoms with Crippen molar-refractivity contribution >= 4 is 62.2 Å². The van der Waals surface area contributed by atoms with Gasteiger partial charge in [0, 0.05) is 9.26 Å². The van der Waals surface area contributed by atoms with E-state index >= 15 is 0 Å². The van der Waals surface area contributed by atoms with Gasteiger partial charge in [-0.1, -0.05) is 18.2 Å². The van der Waals surface area contributed by atoms with E-state index in [-0.39, 0.29) is 12.2 Å². The summed E-state index contributed by atoms with van der Waals surface area (Å²) in [5.74, 6) is -0.337. The molecule has 172 valence electrons. The number of esters is 1. The molecule has 0 radical (unpaired) electrons. The first-order valence-corrected chi connectivity index (χ1v) is 12.1. The molecular weight excluding hydrogens is 611 g/mol. The second-order valence-corrected chi connectivity index (χ2v) is 9.13. The minimum atomic E-state index is -0.554. The van der Waals surface area contributed by atoms with E-state index in [4.69, 9.17) is 9.47 Å². The van der Waals surface area contributed by atoms with Crippen molar-refractivity contribution in [3.63, 3.8) is 0 Å². The highest BCUT2D eigenvalue weighted by Crippen LogP contribution is 2.28. The predicted octanol–water partition coefficient (Wildman–Crippen LogP) is 6.36. The molecule has 0 saturated heterocycles. The van der Waals surface area contributed by atoms with Crippen molar-refractivity contribution < 1.29 is 19.1 Å². The number of hydrogen-bond donors (Lipinski definition) is 1. The molecule has 0 spiro atoms. The maximum absolute atomic E-state index is 12.6. The van der Waals surface area contributed by atoms with Gasteiger partial charge < -0.3 is 14.8 Å². The average Bonchev–Trinajstić information content (AvgIpc) is 2.83. The number of nitriles is 1. The number of rotatable bonds is 8. The average molecular weight is 631 g/mol. The molecule has 8 heteroatoms. The third-order valence-corrected chi connectivity index (χ3v) is 5.93. The van der Waals surface area contributed by atoms with Crippen LogP contribution in [0.15, 0.2) is 76.8 Å². The summed E-state index contributed by atoms with van der Waals surface area (Å²) in [7, 11) is 0. The van der Waals surface area contributed by atoms with Crippen molar-refractivity contribution in [2.24, 2.45) is 0 Å². The zero-order valence-corrected chi connectivity index (χ0v) is 21.9. The fourth-order valence-corrected chi connectivity index (χ4v) is 3.75. The molecule has 34 heavy (non-hydrogen) atoms.